The second-order valence-corrected chi connectivity index (χ2v) is 4.66. The van der Waals surface area contributed by atoms with Gasteiger partial charge in [-0.2, -0.15) is 0 Å². The molecule has 0 bridgehead atoms. The Bertz CT molecular complexity index is 217. The second kappa shape index (κ2) is 6.97. The van der Waals surface area contributed by atoms with Gasteiger partial charge in [-0.3, -0.25) is 4.90 Å². The first-order valence-electron chi connectivity index (χ1n) is 5.95. The van der Waals surface area contributed by atoms with Crippen molar-refractivity contribution in [1.29, 1.82) is 0 Å². The topological polar surface area (TPSA) is 15.3 Å². The lowest BCUT2D eigenvalue weighted by Crippen LogP contribution is -2.43. The normalized spacial score (nSPS) is 19.1. The van der Waals surface area contributed by atoms with E-state index in [1.165, 1.54) is 5.57 Å². The van der Waals surface area contributed by atoms with Crippen LogP contribution < -0.4 is 5.32 Å². The van der Waals surface area contributed by atoms with Gasteiger partial charge in [0, 0.05) is 12.6 Å². The molecule has 1 N–H and O–H groups in total. The van der Waals surface area contributed by atoms with E-state index >= 15 is 0 Å². The largest absolute Gasteiger partial charge is 0.309 e. The summed E-state index contributed by atoms with van der Waals surface area (Å²) in [6.07, 6.45) is 1.93. The summed E-state index contributed by atoms with van der Waals surface area (Å²) in [5.74, 6) is 0. The van der Waals surface area contributed by atoms with Gasteiger partial charge in [0.1, 0.15) is 0 Å². The van der Waals surface area contributed by atoms with Gasteiger partial charge in [0.15, 0.2) is 0 Å². The van der Waals surface area contributed by atoms with E-state index in [2.05, 4.69) is 30.1 Å². The highest BCUT2D eigenvalue weighted by atomic mass is 19.3. The Balaban J connectivity index is 2.16. The molecule has 4 heteroatoms. The Morgan fingerprint density at radius 3 is 2.50 bits per heavy atom. The van der Waals surface area contributed by atoms with Crippen LogP contribution in [0.15, 0.2) is 11.6 Å². The van der Waals surface area contributed by atoms with Gasteiger partial charge >= 0.3 is 0 Å². The molecule has 1 saturated heterocycles. The van der Waals surface area contributed by atoms with E-state index in [0.717, 1.165) is 32.5 Å². The number of piperidine rings is 1. The fourth-order valence-corrected chi connectivity index (χ4v) is 1.89. The first kappa shape index (κ1) is 13.6. The number of alkyl halides is 2. The van der Waals surface area contributed by atoms with E-state index in [4.69, 9.17) is 0 Å². The number of hydrogen-bond donors (Lipinski definition) is 1. The van der Waals surface area contributed by atoms with Crippen LogP contribution in [0.4, 0.5) is 8.78 Å². The number of nitrogens with one attached hydrogen (secondary N) is 1. The Morgan fingerprint density at radius 2 is 2.00 bits per heavy atom. The van der Waals surface area contributed by atoms with Gasteiger partial charge in [-0.15, -0.1) is 0 Å². The van der Waals surface area contributed by atoms with Gasteiger partial charge in [0.2, 0.25) is 0 Å². The second-order valence-electron chi connectivity index (χ2n) is 4.66. The predicted octanol–water partition coefficient (Wildman–Crippen LogP) is 2.27. The fourth-order valence-electron chi connectivity index (χ4n) is 1.89. The van der Waals surface area contributed by atoms with Crippen LogP contribution in [0.5, 0.6) is 0 Å². The molecular weight excluding hydrogens is 210 g/mol. The summed E-state index contributed by atoms with van der Waals surface area (Å²) in [4.78, 5) is 2.37. The van der Waals surface area contributed by atoms with Crippen molar-refractivity contribution in [2.75, 3.05) is 26.2 Å². The molecule has 0 spiro atoms. The average molecular weight is 232 g/mol. The summed E-state index contributed by atoms with van der Waals surface area (Å²) >= 11 is 0. The lowest BCUT2D eigenvalue weighted by Gasteiger charge is -2.31. The zero-order valence-corrected chi connectivity index (χ0v) is 10.2. The first-order valence-corrected chi connectivity index (χ1v) is 5.95. The van der Waals surface area contributed by atoms with E-state index in [0.29, 0.717) is 0 Å². The summed E-state index contributed by atoms with van der Waals surface area (Å²) in [5.41, 5.74) is 1.33. The van der Waals surface area contributed by atoms with Crippen LogP contribution in [0, 0.1) is 0 Å². The van der Waals surface area contributed by atoms with Crippen molar-refractivity contribution in [2.24, 2.45) is 0 Å². The highest BCUT2D eigenvalue weighted by molar-refractivity contribution is 4.95. The molecule has 1 aliphatic rings. The van der Waals surface area contributed by atoms with Crippen molar-refractivity contribution < 1.29 is 8.78 Å². The molecule has 0 amide bonds. The summed E-state index contributed by atoms with van der Waals surface area (Å²) < 4.78 is 24.0. The number of allylic oxidation sites excluding steroid dienone is 1. The molecule has 2 nitrogen and oxygen atoms in total. The minimum Gasteiger partial charge on any atom is -0.309 e. The standard InChI is InChI=1S/C12H22F2N2/c1-10(2)3-6-16-7-4-11(5-8-16)15-9-12(13)14/h3,11-12,15H,4-9H2,1-2H3. The quantitative estimate of drug-likeness (QED) is 0.732. The van der Waals surface area contributed by atoms with Gasteiger partial charge in [-0.05, 0) is 39.8 Å². The molecule has 0 atom stereocenters. The summed E-state index contributed by atoms with van der Waals surface area (Å²) in [7, 11) is 0. The number of likely N-dealkylation sites (tertiary alicyclic amines) is 1. The first-order chi connectivity index (χ1) is 7.58. The highest BCUT2D eigenvalue weighted by Gasteiger charge is 2.18. The molecule has 1 fully saturated rings. The lowest BCUT2D eigenvalue weighted by atomic mass is 10.1. The minimum atomic E-state index is -2.23. The van der Waals surface area contributed by atoms with Crippen LogP contribution in [-0.2, 0) is 0 Å². The Kier molecular flexibility index (Phi) is 5.91. The van der Waals surface area contributed by atoms with Crippen molar-refractivity contribution in [1.82, 2.24) is 10.2 Å². The van der Waals surface area contributed by atoms with Crippen LogP contribution >= 0.6 is 0 Å². The molecule has 0 saturated carbocycles. The molecule has 94 valence electrons. The molecule has 0 aromatic heterocycles. The maximum atomic E-state index is 12.0. The number of rotatable bonds is 5. The highest BCUT2D eigenvalue weighted by Crippen LogP contribution is 2.10. The molecule has 1 heterocycles. The minimum absolute atomic E-state index is 0.168. The van der Waals surface area contributed by atoms with Crippen molar-refractivity contribution in [3.8, 4) is 0 Å². The predicted molar refractivity (Wildman–Crippen MR) is 62.9 cm³/mol. The third-order valence-corrected chi connectivity index (χ3v) is 2.91. The SMILES string of the molecule is CC(C)=CCN1CCC(NCC(F)F)CC1. The zero-order valence-electron chi connectivity index (χ0n) is 10.2. The third-order valence-electron chi connectivity index (χ3n) is 2.91. The van der Waals surface area contributed by atoms with Crippen molar-refractivity contribution in [3.63, 3.8) is 0 Å². The van der Waals surface area contributed by atoms with Crippen LogP contribution in [0.2, 0.25) is 0 Å². The molecule has 1 aliphatic heterocycles. The van der Waals surface area contributed by atoms with Gasteiger partial charge in [-0.1, -0.05) is 11.6 Å². The molecular formula is C12H22F2N2. The molecule has 0 unspecified atom stereocenters. The van der Waals surface area contributed by atoms with Crippen LogP contribution in [0.1, 0.15) is 26.7 Å². The number of halogens is 2. The average Bonchev–Trinajstić information content (AvgIpc) is 2.25. The van der Waals surface area contributed by atoms with E-state index in [1.54, 1.807) is 0 Å². The summed E-state index contributed by atoms with van der Waals surface area (Å²) in [5, 5.41) is 2.91. The summed E-state index contributed by atoms with van der Waals surface area (Å²) in [6.45, 7) is 7.02. The fraction of sp³-hybridized carbons (Fsp3) is 0.833. The molecule has 0 aromatic carbocycles. The monoisotopic (exact) mass is 232 g/mol. The molecule has 0 radical (unpaired) electrons. The van der Waals surface area contributed by atoms with Gasteiger partial charge in [-0.25, -0.2) is 8.78 Å². The van der Waals surface area contributed by atoms with Crippen LogP contribution in [0.3, 0.4) is 0 Å². The van der Waals surface area contributed by atoms with Gasteiger partial charge < -0.3 is 5.32 Å². The Morgan fingerprint density at radius 1 is 1.38 bits per heavy atom. The molecule has 0 aliphatic carbocycles. The Labute approximate surface area is 96.7 Å². The zero-order chi connectivity index (χ0) is 12.0. The molecule has 1 rings (SSSR count). The summed E-state index contributed by atoms with van der Waals surface area (Å²) in [6, 6.07) is 0.275. The van der Waals surface area contributed by atoms with Gasteiger partial charge in [0.25, 0.3) is 6.43 Å². The van der Waals surface area contributed by atoms with E-state index in [1.807, 2.05) is 0 Å². The molecule has 16 heavy (non-hydrogen) atoms. The Hall–Kier alpha value is -0.480. The number of nitrogens with zero attached hydrogens (tertiary/aromatic N) is 1. The smallest absolute Gasteiger partial charge is 0.250 e. The molecule has 0 aromatic rings. The maximum Gasteiger partial charge on any atom is 0.250 e. The van der Waals surface area contributed by atoms with E-state index < -0.39 is 6.43 Å². The number of hydrogen-bond acceptors (Lipinski definition) is 2. The van der Waals surface area contributed by atoms with E-state index in [-0.39, 0.29) is 12.6 Å². The third kappa shape index (κ3) is 5.56. The van der Waals surface area contributed by atoms with Crippen LogP contribution in [0.25, 0.3) is 0 Å². The maximum absolute atomic E-state index is 12.0. The van der Waals surface area contributed by atoms with E-state index in [9.17, 15) is 8.78 Å². The van der Waals surface area contributed by atoms with Crippen LogP contribution in [-0.4, -0.2) is 43.5 Å². The van der Waals surface area contributed by atoms with Crippen molar-refractivity contribution in [2.45, 2.75) is 39.2 Å². The van der Waals surface area contributed by atoms with Gasteiger partial charge in [0.05, 0.1) is 6.54 Å². The van der Waals surface area contributed by atoms with Crippen molar-refractivity contribution >= 4 is 0 Å². The van der Waals surface area contributed by atoms with Crippen molar-refractivity contribution in [3.05, 3.63) is 11.6 Å². The lowest BCUT2D eigenvalue weighted by molar-refractivity contribution is 0.131.